The van der Waals surface area contributed by atoms with Gasteiger partial charge in [-0.3, -0.25) is 0 Å². The van der Waals surface area contributed by atoms with E-state index in [9.17, 15) is 0 Å². The molecule has 2 aromatic heterocycles. The second-order valence-electron chi connectivity index (χ2n) is 4.12. The smallest absolute Gasteiger partial charge is 0.180 e. The summed E-state index contributed by atoms with van der Waals surface area (Å²) in [6.45, 7) is 1.85. The zero-order valence-corrected chi connectivity index (χ0v) is 8.85. The van der Waals surface area contributed by atoms with Crippen molar-refractivity contribution in [3.05, 3.63) is 18.3 Å². The van der Waals surface area contributed by atoms with Gasteiger partial charge in [-0.05, 0) is 13.0 Å². The Bertz CT molecular complexity index is 493. The molecule has 3 heterocycles. The van der Waals surface area contributed by atoms with Crippen LogP contribution in [-0.2, 0) is 0 Å². The monoisotopic (exact) mass is 218 g/mol. The van der Waals surface area contributed by atoms with Crippen LogP contribution in [0.1, 0.15) is 18.0 Å². The molecule has 0 saturated carbocycles. The Morgan fingerprint density at radius 2 is 2.25 bits per heavy atom. The van der Waals surface area contributed by atoms with E-state index in [2.05, 4.69) is 25.3 Å². The first kappa shape index (κ1) is 9.68. The average Bonchev–Trinajstić information content (AvgIpc) is 2.77. The van der Waals surface area contributed by atoms with Crippen molar-refractivity contribution in [1.29, 1.82) is 0 Å². The van der Waals surface area contributed by atoms with Crippen molar-refractivity contribution in [1.82, 2.24) is 25.3 Å². The Kier molecular flexibility index (Phi) is 2.30. The van der Waals surface area contributed by atoms with Gasteiger partial charge >= 0.3 is 0 Å². The first-order chi connectivity index (χ1) is 7.86. The number of nitrogens with zero attached hydrogens (tertiary/aromatic N) is 3. The summed E-state index contributed by atoms with van der Waals surface area (Å²) >= 11 is 0. The van der Waals surface area contributed by atoms with E-state index >= 15 is 0 Å². The van der Waals surface area contributed by atoms with E-state index in [4.69, 9.17) is 5.73 Å². The zero-order chi connectivity index (χ0) is 11.0. The third kappa shape index (κ3) is 1.46. The standard InChI is InChI=1S/C10H14N6/c11-7-1-2-12-3-6(7)8-9-10(15-4-13-8)16-5-14-9/h4-7,12H,1-3,11H2,(H,13,14,15,16). The van der Waals surface area contributed by atoms with E-state index in [0.717, 1.165) is 30.7 Å². The van der Waals surface area contributed by atoms with E-state index in [-0.39, 0.29) is 12.0 Å². The molecule has 16 heavy (non-hydrogen) atoms. The number of hydrogen-bond acceptors (Lipinski definition) is 5. The van der Waals surface area contributed by atoms with Gasteiger partial charge in [0.2, 0.25) is 0 Å². The van der Waals surface area contributed by atoms with Crippen LogP contribution in [0.15, 0.2) is 12.7 Å². The van der Waals surface area contributed by atoms with E-state index in [1.54, 1.807) is 12.7 Å². The van der Waals surface area contributed by atoms with Crippen molar-refractivity contribution in [2.45, 2.75) is 18.4 Å². The Balaban J connectivity index is 2.07. The molecule has 2 atom stereocenters. The van der Waals surface area contributed by atoms with Crippen LogP contribution in [0, 0.1) is 0 Å². The second-order valence-corrected chi connectivity index (χ2v) is 4.12. The summed E-state index contributed by atoms with van der Waals surface area (Å²) in [6.07, 6.45) is 4.18. The lowest BCUT2D eigenvalue weighted by Gasteiger charge is -2.28. The number of imidazole rings is 1. The van der Waals surface area contributed by atoms with Crippen LogP contribution in [-0.4, -0.2) is 39.1 Å². The van der Waals surface area contributed by atoms with Crippen LogP contribution in [0.2, 0.25) is 0 Å². The predicted octanol–water partition coefficient (Wildman–Crippen LogP) is -0.243. The van der Waals surface area contributed by atoms with Crippen LogP contribution in [0.4, 0.5) is 0 Å². The fourth-order valence-electron chi connectivity index (χ4n) is 2.24. The van der Waals surface area contributed by atoms with E-state index < -0.39 is 0 Å². The number of nitrogens with two attached hydrogens (primary N) is 1. The Morgan fingerprint density at radius 3 is 3.12 bits per heavy atom. The number of H-pyrrole nitrogens is 1. The molecule has 0 aliphatic carbocycles. The third-order valence-electron chi connectivity index (χ3n) is 3.14. The van der Waals surface area contributed by atoms with Crippen molar-refractivity contribution in [2.75, 3.05) is 13.1 Å². The minimum Gasteiger partial charge on any atom is -0.342 e. The first-order valence-corrected chi connectivity index (χ1v) is 5.46. The molecule has 2 aromatic rings. The van der Waals surface area contributed by atoms with Gasteiger partial charge in [-0.1, -0.05) is 0 Å². The molecule has 0 aromatic carbocycles. The van der Waals surface area contributed by atoms with Crippen molar-refractivity contribution in [3.8, 4) is 0 Å². The first-order valence-electron chi connectivity index (χ1n) is 5.46. The van der Waals surface area contributed by atoms with E-state index in [1.165, 1.54) is 0 Å². The van der Waals surface area contributed by atoms with Gasteiger partial charge in [0.05, 0.1) is 12.0 Å². The molecule has 0 radical (unpaired) electrons. The minimum absolute atomic E-state index is 0.155. The van der Waals surface area contributed by atoms with Crippen LogP contribution in [0.3, 0.4) is 0 Å². The molecule has 2 unspecified atom stereocenters. The van der Waals surface area contributed by atoms with Crippen molar-refractivity contribution in [2.24, 2.45) is 5.73 Å². The predicted molar refractivity (Wildman–Crippen MR) is 59.9 cm³/mol. The molecule has 1 fully saturated rings. The van der Waals surface area contributed by atoms with Gasteiger partial charge in [0.15, 0.2) is 5.65 Å². The highest BCUT2D eigenvalue weighted by molar-refractivity contribution is 5.72. The zero-order valence-electron chi connectivity index (χ0n) is 8.85. The molecule has 6 nitrogen and oxygen atoms in total. The number of rotatable bonds is 1. The van der Waals surface area contributed by atoms with Crippen LogP contribution >= 0.6 is 0 Å². The number of aromatic amines is 1. The van der Waals surface area contributed by atoms with Gasteiger partial charge in [0.25, 0.3) is 0 Å². The lowest BCUT2D eigenvalue weighted by molar-refractivity contribution is 0.398. The molecule has 3 rings (SSSR count). The number of hydrogen-bond donors (Lipinski definition) is 3. The Hall–Kier alpha value is -1.53. The van der Waals surface area contributed by atoms with Gasteiger partial charge < -0.3 is 16.0 Å². The lowest BCUT2D eigenvalue weighted by Crippen LogP contribution is -2.43. The summed E-state index contributed by atoms with van der Waals surface area (Å²) in [7, 11) is 0. The molecule has 1 aliphatic heterocycles. The number of nitrogens with one attached hydrogen (secondary N) is 2. The molecular weight excluding hydrogens is 204 g/mol. The summed E-state index contributed by atoms with van der Waals surface area (Å²) in [6, 6.07) is 0.155. The van der Waals surface area contributed by atoms with E-state index in [1.807, 2.05) is 0 Å². The summed E-state index contributed by atoms with van der Waals surface area (Å²) in [5.41, 5.74) is 8.73. The second kappa shape index (κ2) is 3.80. The maximum atomic E-state index is 6.14. The van der Waals surface area contributed by atoms with Crippen LogP contribution in [0.25, 0.3) is 11.2 Å². The number of fused-ring (bicyclic) bond motifs is 1. The molecule has 84 valence electrons. The molecule has 4 N–H and O–H groups in total. The normalized spacial score (nSPS) is 26.1. The molecule has 0 spiro atoms. The molecule has 0 amide bonds. The molecule has 6 heteroatoms. The summed E-state index contributed by atoms with van der Waals surface area (Å²) in [5.74, 6) is 0.236. The van der Waals surface area contributed by atoms with Gasteiger partial charge in [0.1, 0.15) is 11.8 Å². The Morgan fingerprint density at radius 1 is 1.31 bits per heavy atom. The van der Waals surface area contributed by atoms with E-state index in [0.29, 0.717) is 5.65 Å². The molecule has 1 aliphatic rings. The van der Waals surface area contributed by atoms with Gasteiger partial charge in [-0.15, -0.1) is 0 Å². The maximum absolute atomic E-state index is 6.14. The minimum atomic E-state index is 0.155. The summed E-state index contributed by atoms with van der Waals surface area (Å²) in [4.78, 5) is 15.7. The molecule has 1 saturated heterocycles. The topological polar surface area (TPSA) is 92.5 Å². The lowest BCUT2D eigenvalue weighted by atomic mass is 9.90. The molecular formula is C10H14N6. The Labute approximate surface area is 92.7 Å². The highest BCUT2D eigenvalue weighted by Gasteiger charge is 2.26. The number of aromatic nitrogens is 4. The SMILES string of the molecule is NC1CCNCC1c1ncnc2nc[nH]c12. The van der Waals surface area contributed by atoms with Gasteiger partial charge in [0, 0.05) is 18.5 Å². The quantitative estimate of drug-likeness (QED) is 0.614. The summed E-state index contributed by atoms with van der Waals surface area (Å²) < 4.78 is 0. The van der Waals surface area contributed by atoms with Crippen LogP contribution in [0.5, 0.6) is 0 Å². The highest BCUT2D eigenvalue weighted by Crippen LogP contribution is 2.24. The largest absolute Gasteiger partial charge is 0.342 e. The van der Waals surface area contributed by atoms with Crippen molar-refractivity contribution >= 4 is 11.2 Å². The number of piperidine rings is 1. The third-order valence-corrected chi connectivity index (χ3v) is 3.14. The summed E-state index contributed by atoms with van der Waals surface area (Å²) in [5, 5.41) is 3.35. The fourth-order valence-corrected chi connectivity index (χ4v) is 2.24. The maximum Gasteiger partial charge on any atom is 0.180 e. The van der Waals surface area contributed by atoms with Gasteiger partial charge in [-0.25, -0.2) is 15.0 Å². The van der Waals surface area contributed by atoms with Crippen molar-refractivity contribution < 1.29 is 0 Å². The van der Waals surface area contributed by atoms with Gasteiger partial charge in [-0.2, -0.15) is 0 Å². The molecule has 0 bridgehead atoms. The highest BCUT2D eigenvalue weighted by atomic mass is 15.0. The fraction of sp³-hybridized carbons (Fsp3) is 0.500. The van der Waals surface area contributed by atoms with Crippen molar-refractivity contribution in [3.63, 3.8) is 0 Å². The average molecular weight is 218 g/mol. The van der Waals surface area contributed by atoms with Crippen LogP contribution < -0.4 is 11.1 Å².